The molecule has 0 spiro atoms. The molecule has 334 valence electrons. The van der Waals surface area contributed by atoms with Crippen LogP contribution in [0, 0.1) is 58.3 Å². The van der Waals surface area contributed by atoms with E-state index in [9.17, 15) is 0 Å². The maximum atomic E-state index is 8.25. The first-order valence-corrected chi connectivity index (χ1v) is 17.7. The maximum absolute atomic E-state index is 8.25. The average molecular weight is 946 g/mol. The zero-order chi connectivity index (χ0) is 44.7. The molecule has 18 nitrogen and oxygen atoms in total. The molecule has 8 rings (SSSR count). The number of nitrogens with one attached hydrogen (secondary N) is 4. The first-order valence-electron chi connectivity index (χ1n) is 17.7. The third kappa shape index (κ3) is 24.2. The second-order valence-corrected chi connectivity index (χ2v) is 11.6. The van der Waals surface area contributed by atoms with E-state index in [4.69, 9.17) is 40.9 Å². The summed E-state index contributed by atoms with van der Waals surface area (Å²) in [6, 6.07) is 48.8. The maximum Gasteiger partial charge on any atom is 2.00 e. The normalized spacial score (nSPS) is 8.77. The Labute approximate surface area is 379 Å². The molecule has 2 radical (unpaired) electrons. The number of rotatable bonds is 4. The Balaban J connectivity index is 0. The Morgan fingerprint density at radius 3 is 0.613 bits per heavy atom. The Hall–Kier alpha value is -6.92. The minimum absolute atomic E-state index is 0. The number of hydrogen-bond acceptors (Lipinski definition) is 12. The van der Waals surface area contributed by atoms with Crippen LogP contribution in [-0.4, -0.2) is 65.2 Å². The number of H-pyrrole nitrogens is 4. The predicted molar refractivity (Wildman–Crippen MR) is 228 cm³/mol. The van der Waals surface area contributed by atoms with Crippen LogP contribution in [-0.2, 0) is 34.1 Å². The van der Waals surface area contributed by atoms with E-state index in [-0.39, 0.29) is 34.1 Å². The summed E-state index contributed by atoms with van der Waals surface area (Å²) in [5, 5.41) is 74.2. The van der Waals surface area contributed by atoms with Crippen LogP contribution >= 0.6 is 0 Å². The van der Waals surface area contributed by atoms with E-state index in [1.807, 2.05) is 125 Å². The quantitative estimate of drug-likeness (QED) is 0.0787. The minimum Gasteiger partial charge on any atom is -0.857 e. The van der Waals surface area contributed by atoms with Crippen molar-refractivity contribution >= 4 is 0 Å². The first kappa shape index (κ1) is 57.2. The van der Waals surface area contributed by atoms with Gasteiger partial charge in [0.2, 0.25) is 0 Å². The zero-order valence-electron chi connectivity index (χ0n) is 34.4. The molecule has 0 aliphatic heterocycles. The number of hydrogen-bond donors (Lipinski definition) is 4. The van der Waals surface area contributed by atoms with E-state index < -0.39 is 10.2 Å². The molecule has 4 heterocycles. The largest absolute Gasteiger partial charge is 2.00 e. The third-order valence-electron chi connectivity index (χ3n) is 7.16. The van der Waals surface area contributed by atoms with Gasteiger partial charge in [0, 0.05) is 0 Å². The van der Waals surface area contributed by atoms with Crippen LogP contribution in [0.3, 0.4) is 0 Å². The van der Waals surface area contributed by atoms with Crippen molar-refractivity contribution in [2.75, 3.05) is 14.2 Å². The van der Waals surface area contributed by atoms with Gasteiger partial charge < -0.3 is 40.9 Å². The number of aromatic amines is 4. The summed E-state index contributed by atoms with van der Waals surface area (Å²) in [7, 11) is 1.50. The second-order valence-electron chi connectivity index (χ2n) is 11.6. The molecule has 8 aromatic rings. The van der Waals surface area contributed by atoms with Gasteiger partial charge in [0.15, 0.2) is 0 Å². The van der Waals surface area contributed by atoms with Crippen LogP contribution in [0.5, 0.6) is 0 Å². The fraction of sp³-hybridized carbons (Fsp3) is 0.143. The van der Waals surface area contributed by atoms with E-state index in [0.717, 1.165) is 59.8 Å². The first-order chi connectivity index (χ1) is 28.9. The Morgan fingerprint density at radius 1 is 0.355 bits per heavy atom. The van der Waals surface area contributed by atoms with Gasteiger partial charge in [-0.15, -0.1) is 0 Å². The van der Waals surface area contributed by atoms with Crippen LogP contribution in [0.2, 0.25) is 0 Å². The van der Waals surface area contributed by atoms with Crippen LogP contribution in [0.15, 0.2) is 146 Å². The standard InChI is InChI=1S/4C10H10N2.2CH3O.2Cu.2NO3/c4*1-8-7-10(12-11-8)9-5-3-2-4-6-9;2*1-2;;;2*2-1(3)4/h4*2-7H,1H3,(H,11,12);2*1H3;;;;/q;;;;2*-1;2*+2;2*-1. The van der Waals surface area contributed by atoms with Gasteiger partial charge in [-0.25, -0.2) is 0 Å². The Morgan fingerprint density at radius 2 is 0.500 bits per heavy atom. The van der Waals surface area contributed by atoms with Crippen molar-refractivity contribution in [2.24, 2.45) is 0 Å². The van der Waals surface area contributed by atoms with Gasteiger partial charge in [-0.05, 0) is 74.2 Å². The summed E-state index contributed by atoms with van der Waals surface area (Å²) in [4.78, 5) is 16.5. The number of benzene rings is 4. The fourth-order valence-electron chi connectivity index (χ4n) is 4.75. The fourth-order valence-corrected chi connectivity index (χ4v) is 4.75. The van der Waals surface area contributed by atoms with Crippen molar-refractivity contribution in [3.05, 3.63) is 199 Å². The summed E-state index contributed by atoms with van der Waals surface area (Å²) in [5.41, 5.74) is 13.1. The molecule has 0 saturated heterocycles. The Bertz CT molecular complexity index is 1990. The molecule has 4 N–H and O–H groups in total. The van der Waals surface area contributed by atoms with Gasteiger partial charge in [-0.1, -0.05) is 121 Å². The molecule has 0 bridgehead atoms. The van der Waals surface area contributed by atoms with E-state index in [0.29, 0.717) is 0 Å². The SMILES string of the molecule is C[O-].C[O-].Cc1cc(-c2ccccc2)[nH]n1.Cc1cc(-c2ccccc2)[nH]n1.Cc1cc(-c2ccccc2)[nH]n1.Cc1cc(-c2ccccc2)[nH]n1.O=[N+]([O-])[O-].O=[N+]([O-])[O-].[Cu+2].[Cu+2]. The monoisotopic (exact) mass is 944 g/mol. The van der Waals surface area contributed by atoms with Crippen LogP contribution < -0.4 is 10.2 Å². The predicted octanol–water partition coefficient (Wildman–Crippen LogP) is 7.01. The molecule has 0 amide bonds. The molecule has 62 heavy (non-hydrogen) atoms. The molecule has 0 fully saturated rings. The molecule has 0 unspecified atom stereocenters. The van der Waals surface area contributed by atoms with Crippen molar-refractivity contribution in [1.82, 2.24) is 40.8 Å². The smallest absolute Gasteiger partial charge is 0.857 e. The zero-order valence-corrected chi connectivity index (χ0v) is 36.3. The van der Waals surface area contributed by atoms with Gasteiger partial charge >= 0.3 is 34.1 Å². The summed E-state index contributed by atoms with van der Waals surface area (Å²) in [6.07, 6.45) is 0. The molecule has 0 aliphatic rings. The molecule has 0 aliphatic carbocycles. The third-order valence-corrected chi connectivity index (χ3v) is 7.16. The summed E-state index contributed by atoms with van der Waals surface area (Å²) in [5.74, 6) is 0. The number of nitrogens with zero attached hydrogens (tertiary/aromatic N) is 6. The summed E-state index contributed by atoms with van der Waals surface area (Å²) in [6.45, 7) is 7.90. The van der Waals surface area contributed by atoms with Crippen molar-refractivity contribution in [2.45, 2.75) is 27.7 Å². The van der Waals surface area contributed by atoms with E-state index >= 15 is 0 Å². The molecule has 0 atom stereocenters. The number of aromatic nitrogens is 8. The Kier molecular flexibility index (Phi) is 31.2. The van der Waals surface area contributed by atoms with E-state index in [2.05, 4.69) is 89.3 Å². The summed E-state index contributed by atoms with van der Waals surface area (Å²) < 4.78 is 0. The van der Waals surface area contributed by atoms with Gasteiger partial charge in [-0.3, -0.25) is 20.4 Å². The minimum atomic E-state index is -1.75. The molecular formula is C42H46Cu2N10O8. The van der Waals surface area contributed by atoms with Crippen molar-refractivity contribution in [3.63, 3.8) is 0 Å². The van der Waals surface area contributed by atoms with Gasteiger partial charge in [0.05, 0.1) is 55.7 Å². The second kappa shape index (κ2) is 33.9. The molecule has 0 saturated carbocycles. The van der Waals surface area contributed by atoms with Crippen molar-refractivity contribution < 1.29 is 54.5 Å². The van der Waals surface area contributed by atoms with Crippen LogP contribution in [0.4, 0.5) is 0 Å². The van der Waals surface area contributed by atoms with Crippen LogP contribution in [0.1, 0.15) is 22.8 Å². The van der Waals surface area contributed by atoms with Crippen LogP contribution in [0.25, 0.3) is 45.0 Å². The average Bonchev–Trinajstić information content (AvgIpc) is 4.10. The molecule has 4 aromatic carbocycles. The van der Waals surface area contributed by atoms with Gasteiger partial charge in [0.1, 0.15) is 0 Å². The molecule has 4 aromatic heterocycles. The van der Waals surface area contributed by atoms with Crippen molar-refractivity contribution in [3.8, 4) is 45.0 Å². The molecule has 20 heteroatoms. The van der Waals surface area contributed by atoms with Gasteiger partial charge in [-0.2, -0.15) is 34.6 Å². The topological polar surface area (TPSA) is 293 Å². The van der Waals surface area contributed by atoms with Crippen molar-refractivity contribution in [1.29, 1.82) is 0 Å². The van der Waals surface area contributed by atoms with E-state index in [1.54, 1.807) is 0 Å². The molecular weight excluding hydrogens is 900 g/mol. The number of aryl methyl sites for hydroxylation is 4. The summed E-state index contributed by atoms with van der Waals surface area (Å²) >= 11 is 0. The van der Waals surface area contributed by atoms with E-state index in [1.165, 1.54) is 22.3 Å². The van der Waals surface area contributed by atoms with Gasteiger partial charge in [0.25, 0.3) is 0 Å².